The molecule has 0 unspecified atom stereocenters. The molecule has 1 nitrogen and oxygen atoms in total. The van der Waals surface area contributed by atoms with Crippen molar-refractivity contribution in [3.05, 3.63) is 42.3 Å². The van der Waals surface area contributed by atoms with Gasteiger partial charge in [-0.3, -0.25) is 0 Å². The summed E-state index contributed by atoms with van der Waals surface area (Å²) in [5.74, 6) is 2.28. The Kier molecular flexibility index (Phi) is 13.0. The van der Waals surface area contributed by atoms with Gasteiger partial charge >= 0.3 is 23.1 Å². The molecule has 3 heteroatoms. The maximum absolute atomic E-state index is 6.66. The molecule has 0 radical (unpaired) electrons. The average Bonchev–Trinajstić information content (AvgIpc) is 2.14. The third kappa shape index (κ3) is 7.40. The van der Waals surface area contributed by atoms with Crippen LogP contribution in [0.15, 0.2) is 30.3 Å². The Balaban J connectivity index is 0. The molecule has 0 aliphatic rings. The number of ether oxygens (including phenoxy) is 1. The molecule has 0 spiro atoms. The van der Waals surface area contributed by atoms with E-state index in [9.17, 15) is 0 Å². The van der Waals surface area contributed by atoms with Gasteiger partial charge in [0.15, 0.2) is 0 Å². The van der Waals surface area contributed by atoms with Crippen molar-refractivity contribution >= 4 is 23.1 Å². The molecular formula is C11H11BrMgO. The van der Waals surface area contributed by atoms with E-state index in [1.54, 1.807) is 0 Å². The van der Waals surface area contributed by atoms with Gasteiger partial charge in [0.05, 0.1) is 13.2 Å². The van der Waals surface area contributed by atoms with Gasteiger partial charge in [0, 0.05) is 0 Å². The van der Waals surface area contributed by atoms with Crippen LogP contribution >= 0.6 is 0 Å². The maximum atomic E-state index is 6.66. The summed E-state index contributed by atoms with van der Waals surface area (Å²) >= 11 is 0. The first-order valence-corrected chi connectivity index (χ1v) is 3.95. The predicted molar refractivity (Wildman–Crippen MR) is 53.6 cm³/mol. The van der Waals surface area contributed by atoms with Gasteiger partial charge in [-0.2, -0.15) is 0 Å². The molecule has 0 saturated heterocycles. The van der Waals surface area contributed by atoms with Crippen LogP contribution in [0.4, 0.5) is 0 Å². The molecule has 0 saturated carbocycles. The summed E-state index contributed by atoms with van der Waals surface area (Å²) in [7, 11) is 0. The predicted octanol–water partition coefficient (Wildman–Crippen LogP) is -1.19. The van der Waals surface area contributed by atoms with Crippen LogP contribution in [0, 0.1) is 12.3 Å². The standard InChI is InChI=1S/C11H11O.BrH.Mg/c1-2-3-9-12-10-11-7-5-4-6-8-11;;/h4-8H,3,9-10H2;1H;/q-1;;+2/p-1. The summed E-state index contributed by atoms with van der Waals surface area (Å²) in [5.41, 5.74) is 1.17. The van der Waals surface area contributed by atoms with E-state index in [2.05, 4.69) is 5.92 Å². The normalized spacial score (nSPS) is 7.93. The smallest absolute Gasteiger partial charge is 1.00 e. The van der Waals surface area contributed by atoms with Crippen LogP contribution in [0.2, 0.25) is 0 Å². The van der Waals surface area contributed by atoms with Crippen molar-refractivity contribution in [1.82, 2.24) is 0 Å². The molecule has 0 aliphatic heterocycles. The van der Waals surface area contributed by atoms with Crippen LogP contribution < -0.4 is 17.0 Å². The Labute approximate surface area is 112 Å². The molecule has 0 N–H and O–H groups in total. The third-order valence-electron chi connectivity index (χ3n) is 1.48. The van der Waals surface area contributed by atoms with E-state index < -0.39 is 0 Å². The number of halogens is 1. The van der Waals surface area contributed by atoms with Crippen molar-refractivity contribution < 1.29 is 21.7 Å². The third-order valence-corrected chi connectivity index (χ3v) is 1.48. The quantitative estimate of drug-likeness (QED) is 0.287. The Hall–Kier alpha value is -0.0138. The van der Waals surface area contributed by atoms with E-state index in [1.165, 1.54) is 5.56 Å². The molecule has 0 aliphatic carbocycles. The minimum absolute atomic E-state index is 0. The average molecular weight is 263 g/mol. The van der Waals surface area contributed by atoms with E-state index in [0.717, 1.165) is 0 Å². The SMILES string of the molecule is [Br-].[C-]#CCCOCc1ccccc1.[Mg+2]. The van der Waals surface area contributed by atoms with Crippen molar-refractivity contribution in [3.8, 4) is 5.92 Å². The Morgan fingerprint density at radius 2 is 1.86 bits per heavy atom. The van der Waals surface area contributed by atoms with E-state index in [4.69, 9.17) is 11.2 Å². The van der Waals surface area contributed by atoms with E-state index in [-0.39, 0.29) is 40.0 Å². The summed E-state index contributed by atoms with van der Waals surface area (Å²) in [5, 5.41) is 0. The monoisotopic (exact) mass is 262 g/mol. The Bertz CT molecular complexity index is 256. The topological polar surface area (TPSA) is 9.23 Å². The van der Waals surface area contributed by atoms with Gasteiger partial charge in [0.1, 0.15) is 0 Å². The van der Waals surface area contributed by atoms with Crippen molar-refractivity contribution in [3.63, 3.8) is 0 Å². The number of hydrogen-bond acceptors (Lipinski definition) is 1. The Morgan fingerprint density at radius 1 is 1.21 bits per heavy atom. The van der Waals surface area contributed by atoms with Gasteiger partial charge < -0.3 is 34.1 Å². The van der Waals surface area contributed by atoms with Gasteiger partial charge in [0.25, 0.3) is 0 Å². The largest absolute Gasteiger partial charge is 2.00 e. The summed E-state index contributed by atoms with van der Waals surface area (Å²) in [4.78, 5) is 0. The molecular weight excluding hydrogens is 252 g/mol. The van der Waals surface area contributed by atoms with Crippen LogP contribution in [-0.2, 0) is 11.3 Å². The first kappa shape index (κ1) is 16.4. The molecule has 70 valence electrons. The number of benzene rings is 1. The molecule has 1 rings (SSSR count). The molecule has 1 aromatic carbocycles. The summed E-state index contributed by atoms with van der Waals surface area (Å²) in [6.07, 6.45) is 7.23. The van der Waals surface area contributed by atoms with E-state index in [0.29, 0.717) is 19.6 Å². The first-order valence-electron chi connectivity index (χ1n) is 3.95. The zero-order valence-electron chi connectivity index (χ0n) is 8.00. The van der Waals surface area contributed by atoms with Crippen LogP contribution in [0.5, 0.6) is 0 Å². The Morgan fingerprint density at radius 3 is 2.43 bits per heavy atom. The van der Waals surface area contributed by atoms with E-state index >= 15 is 0 Å². The van der Waals surface area contributed by atoms with Crippen LogP contribution in [0.3, 0.4) is 0 Å². The molecule has 0 fully saturated rings. The van der Waals surface area contributed by atoms with Gasteiger partial charge in [-0.05, 0) is 12.0 Å². The molecule has 0 amide bonds. The van der Waals surface area contributed by atoms with Gasteiger partial charge in [-0.15, -0.1) is 0 Å². The second-order valence-corrected chi connectivity index (χ2v) is 2.46. The summed E-state index contributed by atoms with van der Waals surface area (Å²) in [6.45, 7) is 1.21. The fraction of sp³-hybridized carbons (Fsp3) is 0.273. The molecule has 0 bridgehead atoms. The van der Waals surface area contributed by atoms with Crippen molar-refractivity contribution in [2.24, 2.45) is 0 Å². The summed E-state index contributed by atoms with van der Waals surface area (Å²) in [6, 6.07) is 10.00. The molecule has 0 atom stereocenters. The van der Waals surface area contributed by atoms with Crippen molar-refractivity contribution in [2.75, 3.05) is 6.61 Å². The number of hydrogen-bond donors (Lipinski definition) is 0. The zero-order chi connectivity index (χ0) is 8.65. The molecule has 14 heavy (non-hydrogen) atoms. The van der Waals surface area contributed by atoms with Crippen molar-refractivity contribution in [2.45, 2.75) is 13.0 Å². The zero-order valence-corrected chi connectivity index (χ0v) is 11.0. The van der Waals surface area contributed by atoms with Crippen LogP contribution in [0.25, 0.3) is 0 Å². The van der Waals surface area contributed by atoms with Crippen LogP contribution in [0.1, 0.15) is 12.0 Å². The molecule has 0 aromatic heterocycles. The van der Waals surface area contributed by atoms with Gasteiger partial charge in [0.2, 0.25) is 0 Å². The minimum Gasteiger partial charge on any atom is -1.00 e. The second-order valence-electron chi connectivity index (χ2n) is 2.46. The van der Waals surface area contributed by atoms with Crippen LogP contribution in [-0.4, -0.2) is 29.7 Å². The number of rotatable bonds is 4. The first-order chi connectivity index (χ1) is 5.93. The second kappa shape index (κ2) is 11.1. The maximum Gasteiger partial charge on any atom is 2.00 e. The van der Waals surface area contributed by atoms with Crippen molar-refractivity contribution in [1.29, 1.82) is 0 Å². The van der Waals surface area contributed by atoms with Gasteiger partial charge in [-0.25, -0.2) is 0 Å². The molecule has 1 aromatic rings. The minimum atomic E-state index is 0. The summed E-state index contributed by atoms with van der Waals surface area (Å²) < 4.78 is 5.28. The fourth-order valence-electron chi connectivity index (χ4n) is 0.887. The van der Waals surface area contributed by atoms with E-state index in [1.807, 2.05) is 30.3 Å². The molecule has 0 heterocycles. The van der Waals surface area contributed by atoms with Gasteiger partial charge in [-0.1, -0.05) is 30.3 Å². The fourth-order valence-corrected chi connectivity index (χ4v) is 0.887.